The standard InChI is InChI=1S/C11H5BrClNS/c12-9-5-10(15-11(9)6-14)7-2-1-3-8(13)4-7/h1-5H. The highest BCUT2D eigenvalue weighted by molar-refractivity contribution is 9.10. The summed E-state index contributed by atoms with van der Waals surface area (Å²) in [4.78, 5) is 1.73. The van der Waals surface area contributed by atoms with E-state index in [9.17, 15) is 0 Å². The molecule has 15 heavy (non-hydrogen) atoms. The molecule has 0 aliphatic rings. The van der Waals surface area contributed by atoms with Crippen molar-refractivity contribution in [3.63, 3.8) is 0 Å². The number of nitrogens with zero attached hydrogens (tertiary/aromatic N) is 1. The third-order valence-electron chi connectivity index (χ3n) is 1.90. The van der Waals surface area contributed by atoms with Crippen molar-refractivity contribution in [1.82, 2.24) is 0 Å². The van der Waals surface area contributed by atoms with E-state index < -0.39 is 0 Å². The predicted molar refractivity (Wildman–Crippen MR) is 67.2 cm³/mol. The molecule has 0 N–H and O–H groups in total. The fourth-order valence-electron chi connectivity index (χ4n) is 1.23. The van der Waals surface area contributed by atoms with Crippen LogP contribution in [-0.4, -0.2) is 0 Å². The summed E-state index contributed by atoms with van der Waals surface area (Å²) >= 11 is 10.7. The molecule has 0 unspecified atom stereocenters. The van der Waals surface area contributed by atoms with E-state index in [1.807, 2.05) is 30.3 Å². The molecule has 0 radical (unpaired) electrons. The predicted octanol–water partition coefficient (Wildman–Crippen LogP) is 4.70. The van der Waals surface area contributed by atoms with Crippen LogP contribution in [0.5, 0.6) is 0 Å². The van der Waals surface area contributed by atoms with Crippen molar-refractivity contribution in [2.75, 3.05) is 0 Å². The Hall–Kier alpha value is -0.820. The molecule has 1 heterocycles. The largest absolute Gasteiger partial charge is 0.191 e. The number of thiophene rings is 1. The summed E-state index contributed by atoms with van der Waals surface area (Å²) in [7, 11) is 0. The lowest BCUT2D eigenvalue weighted by atomic mass is 10.2. The molecule has 1 aromatic heterocycles. The molecule has 1 nitrogen and oxygen atoms in total. The zero-order chi connectivity index (χ0) is 10.8. The first-order valence-corrected chi connectivity index (χ1v) is 6.15. The Bertz CT molecular complexity index is 542. The van der Waals surface area contributed by atoms with Crippen molar-refractivity contribution in [1.29, 1.82) is 5.26 Å². The topological polar surface area (TPSA) is 23.8 Å². The highest BCUT2D eigenvalue weighted by atomic mass is 79.9. The van der Waals surface area contributed by atoms with Gasteiger partial charge in [0.05, 0.1) is 0 Å². The average molecular weight is 299 g/mol. The Balaban J connectivity index is 2.51. The maximum atomic E-state index is 8.84. The molecule has 0 aliphatic carbocycles. The van der Waals surface area contributed by atoms with Crippen LogP contribution in [0.15, 0.2) is 34.8 Å². The molecule has 0 aliphatic heterocycles. The molecule has 0 saturated heterocycles. The monoisotopic (exact) mass is 297 g/mol. The van der Waals surface area contributed by atoms with Gasteiger partial charge in [-0.05, 0) is 39.7 Å². The van der Waals surface area contributed by atoms with Gasteiger partial charge in [0, 0.05) is 14.4 Å². The molecule has 0 fully saturated rings. The zero-order valence-corrected chi connectivity index (χ0v) is 10.7. The normalized spacial score (nSPS) is 9.93. The van der Waals surface area contributed by atoms with Crippen molar-refractivity contribution < 1.29 is 0 Å². The minimum atomic E-state index is 0.685. The summed E-state index contributed by atoms with van der Waals surface area (Å²) in [6, 6.07) is 11.7. The van der Waals surface area contributed by atoms with Gasteiger partial charge in [0.1, 0.15) is 10.9 Å². The Labute approximate surface area is 105 Å². The number of benzene rings is 1. The first kappa shape index (κ1) is 10.7. The molecule has 2 rings (SSSR count). The van der Waals surface area contributed by atoms with Gasteiger partial charge in [0.15, 0.2) is 0 Å². The lowest BCUT2D eigenvalue weighted by molar-refractivity contribution is 1.52. The van der Waals surface area contributed by atoms with Gasteiger partial charge in [-0.3, -0.25) is 0 Å². The Morgan fingerprint density at radius 1 is 1.33 bits per heavy atom. The maximum absolute atomic E-state index is 8.84. The summed E-state index contributed by atoms with van der Waals surface area (Å²) in [5.41, 5.74) is 1.04. The van der Waals surface area contributed by atoms with Gasteiger partial charge < -0.3 is 0 Å². The van der Waals surface area contributed by atoms with E-state index in [0.29, 0.717) is 9.90 Å². The quantitative estimate of drug-likeness (QED) is 0.748. The van der Waals surface area contributed by atoms with Gasteiger partial charge in [0.2, 0.25) is 0 Å². The number of hydrogen-bond acceptors (Lipinski definition) is 2. The SMILES string of the molecule is N#Cc1sc(-c2cccc(Cl)c2)cc1Br. The molecule has 0 spiro atoms. The molecule has 0 amide bonds. The fraction of sp³-hybridized carbons (Fsp3) is 0. The van der Waals surface area contributed by atoms with Crippen LogP contribution in [0, 0.1) is 11.3 Å². The van der Waals surface area contributed by atoms with Crippen LogP contribution in [0.25, 0.3) is 10.4 Å². The van der Waals surface area contributed by atoms with Crippen molar-refractivity contribution in [3.05, 3.63) is 44.7 Å². The molecule has 0 saturated carbocycles. The molecule has 0 bridgehead atoms. The summed E-state index contributed by atoms with van der Waals surface area (Å²) in [5.74, 6) is 0. The second-order valence-corrected chi connectivity index (χ2v) is 5.25. The Kier molecular flexibility index (Phi) is 3.11. The summed E-state index contributed by atoms with van der Waals surface area (Å²) in [5, 5.41) is 9.54. The van der Waals surface area contributed by atoms with E-state index in [0.717, 1.165) is 14.9 Å². The number of rotatable bonds is 1. The second kappa shape index (κ2) is 4.36. The lowest BCUT2D eigenvalue weighted by Crippen LogP contribution is -1.70. The van der Waals surface area contributed by atoms with Crippen molar-refractivity contribution >= 4 is 38.9 Å². The van der Waals surface area contributed by atoms with E-state index in [-0.39, 0.29) is 0 Å². The minimum Gasteiger partial charge on any atom is -0.191 e. The molecule has 1 aromatic carbocycles. The van der Waals surface area contributed by atoms with E-state index in [1.54, 1.807) is 0 Å². The fourth-order valence-corrected chi connectivity index (χ4v) is 2.97. The van der Waals surface area contributed by atoms with Crippen molar-refractivity contribution in [2.45, 2.75) is 0 Å². The zero-order valence-electron chi connectivity index (χ0n) is 7.50. The van der Waals surface area contributed by atoms with Gasteiger partial charge in [-0.25, -0.2) is 0 Å². The molecule has 0 atom stereocenters. The Morgan fingerprint density at radius 3 is 2.73 bits per heavy atom. The van der Waals surface area contributed by atoms with Gasteiger partial charge in [-0.15, -0.1) is 11.3 Å². The summed E-state index contributed by atoms with van der Waals surface area (Å²) < 4.78 is 0.838. The van der Waals surface area contributed by atoms with Crippen LogP contribution >= 0.6 is 38.9 Å². The molecule has 2 aromatic rings. The minimum absolute atomic E-state index is 0.685. The van der Waals surface area contributed by atoms with Crippen LogP contribution in [0.1, 0.15) is 4.88 Å². The van der Waals surface area contributed by atoms with Crippen LogP contribution in [-0.2, 0) is 0 Å². The smallest absolute Gasteiger partial charge is 0.119 e. The average Bonchev–Trinajstić information content (AvgIpc) is 2.60. The summed E-state index contributed by atoms with van der Waals surface area (Å²) in [6.07, 6.45) is 0. The first-order chi connectivity index (χ1) is 7.20. The third kappa shape index (κ3) is 2.23. The van der Waals surface area contributed by atoms with Crippen LogP contribution in [0.4, 0.5) is 0 Å². The molecule has 74 valence electrons. The van der Waals surface area contributed by atoms with Crippen LogP contribution in [0.2, 0.25) is 5.02 Å². The molecular formula is C11H5BrClNS. The highest BCUT2D eigenvalue weighted by Gasteiger charge is 2.07. The highest BCUT2D eigenvalue weighted by Crippen LogP contribution is 2.34. The van der Waals surface area contributed by atoms with E-state index in [1.165, 1.54) is 11.3 Å². The van der Waals surface area contributed by atoms with E-state index in [4.69, 9.17) is 16.9 Å². The van der Waals surface area contributed by atoms with Crippen LogP contribution in [0.3, 0.4) is 0 Å². The Morgan fingerprint density at radius 2 is 2.13 bits per heavy atom. The molecular weight excluding hydrogens is 294 g/mol. The lowest BCUT2D eigenvalue weighted by Gasteiger charge is -1.96. The number of hydrogen-bond donors (Lipinski definition) is 0. The molecule has 4 heteroatoms. The van der Waals surface area contributed by atoms with Gasteiger partial charge in [0.25, 0.3) is 0 Å². The van der Waals surface area contributed by atoms with Gasteiger partial charge in [-0.2, -0.15) is 5.26 Å². The van der Waals surface area contributed by atoms with Crippen LogP contribution < -0.4 is 0 Å². The van der Waals surface area contributed by atoms with Crippen molar-refractivity contribution in [2.24, 2.45) is 0 Å². The maximum Gasteiger partial charge on any atom is 0.119 e. The second-order valence-electron chi connectivity index (χ2n) is 2.91. The van der Waals surface area contributed by atoms with Crippen molar-refractivity contribution in [3.8, 4) is 16.5 Å². The van der Waals surface area contributed by atoms with E-state index in [2.05, 4.69) is 22.0 Å². The summed E-state index contributed by atoms with van der Waals surface area (Å²) in [6.45, 7) is 0. The number of nitriles is 1. The third-order valence-corrected chi connectivity index (χ3v) is 4.11. The van der Waals surface area contributed by atoms with Gasteiger partial charge >= 0.3 is 0 Å². The van der Waals surface area contributed by atoms with Gasteiger partial charge in [-0.1, -0.05) is 23.7 Å². The van der Waals surface area contributed by atoms with E-state index >= 15 is 0 Å². The number of halogens is 2. The first-order valence-electron chi connectivity index (χ1n) is 4.16.